The molecule has 1 unspecified atom stereocenters. The lowest BCUT2D eigenvalue weighted by Crippen LogP contribution is -3.00. The second-order valence-corrected chi connectivity index (χ2v) is 11.2. The monoisotopic (exact) mass is 333 g/mol. The minimum atomic E-state index is -2.18. The molecule has 0 heterocycles. The van der Waals surface area contributed by atoms with Gasteiger partial charge in [0, 0.05) is 0 Å². The van der Waals surface area contributed by atoms with E-state index < -0.39 is 5.69 Å². The molecule has 0 aromatic carbocycles. The number of nitrogens with one attached hydrogen (secondary N) is 1. The highest BCUT2D eigenvalue weighted by Crippen LogP contribution is 2.62. The molecule has 3 nitrogen and oxygen atoms in total. The summed E-state index contributed by atoms with van der Waals surface area (Å²) in [6, 6.07) is 0. The van der Waals surface area contributed by atoms with Crippen LogP contribution in [0.3, 0.4) is 0 Å². The van der Waals surface area contributed by atoms with Crippen molar-refractivity contribution in [2.24, 2.45) is 0 Å². The first-order valence-corrected chi connectivity index (χ1v) is 10.0. The molecule has 110 valence electrons. The van der Waals surface area contributed by atoms with Crippen LogP contribution in [0.1, 0.15) is 41.5 Å². The average molecular weight is 334 g/mol. The van der Waals surface area contributed by atoms with E-state index in [1.165, 1.54) is 0 Å². The first-order valence-electron chi connectivity index (χ1n) is 5.91. The van der Waals surface area contributed by atoms with Crippen molar-refractivity contribution in [2.45, 2.75) is 52.3 Å². The molecule has 0 aromatic rings. The van der Waals surface area contributed by atoms with Crippen LogP contribution in [0.4, 0.5) is 0 Å². The van der Waals surface area contributed by atoms with E-state index in [0.29, 0.717) is 13.2 Å². The fraction of sp³-hybridized carbons (Fsp3) is 0.909. The summed E-state index contributed by atoms with van der Waals surface area (Å²) in [7, 11) is 0. The Morgan fingerprint density at radius 1 is 1.28 bits per heavy atom. The third-order valence-corrected chi connectivity index (χ3v) is 7.31. The predicted octanol–water partition coefficient (Wildman–Crippen LogP) is -0.640. The lowest BCUT2D eigenvalue weighted by atomic mass is 10.1. The summed E-state index contributed by atoms with van der Waals surface area (Å²) in [5.41, 5.74) is -2.10. The fourth-order valence-corrected chi connectivity index (χ4v) is 6.64. The molecule has 1 atom stereocenters. The molecule has 0 aliphatic rings. The topological polar surface area (TPSA) is 32.4 Å². The van der Waals surface area contributed by atoms with Gasteiger partial charge < -0.3 is 21.5 Å². The number of hydrogen-bond donors (Lipinski definition) is 1. The highest BCUT2D eigenvalue weighted by atomic mass is 35.5. The maximum atomic E-state index is 5.59. The minimum Gasteiger partial charge on any atom is -1.00 e. The van der Waals surface area contributed by atoms with E-state index in [0.717, 1.165) is 0 Å². The van der Waals surface area contributed by atoms with E-state index >= 15 is 0 Å². The summed E-state index contributed by atoms with van der Waals surface area (Å²) in [6.07, 6.45) is 2.06. The lowest BCUT2D eigenvalue weighted by Gasteiger charge is -2.21. The Morgan fingerprint density at radius 2 is 1.72 bits per heavy atom. The van der Waals surface area contributed by atoms with Crippen LogP contribution in [0.15, 0.2) is 0 Å². The number of rotatable bonds is 7. The van der Waals surface area contributed by atoms with Crippen molar-refractivity contribution >= 4 is 35.1 Å². The molecule has 7 heteroatoms. The summed E-state index contributed by atoms with van der Waals surface area (Å²) >= 11 is 7.07. The summed E-state index contributed by atoms with van der Waals surface area (Å²) in [5.74, 6) is 0. The Kier molecular flexibility index (Phi) is 11.5. The van der Waals surface area contributed by atoms with Gasteiger partial charge in [-0.25, -0.2) is 4.99 Å². The van der Waals surface area contributed by atoms with Crippen molar-refractivity contribution < 1.29 is 26.4 Å². The third kappa shape index (κ3) is 10.8. The van der Waals surface area contributed by atoms with Gasteiger partial charge in [0.2, 0.25) is 5.69 Å². The number of hydrogen-bond acceptors (Lipinski definition) is 4. The first kappa shape index (κ1) is 21.2. The van der Waals surface area contributed by atoms with Gasteiger partial charge in [-0.05, 0) is 53.3 Å². The van der Waals surface area contributed by atoms with Crippen LogP contribution in [0, 0.1) is 0 Å². The van der Waals surface area contributed by atoms with Crippen molar-refractivity contribution in [3.8, 4) is 0 Å². The van der Waals surface area contributed by atoms with E-state index in [9.17, 15) is 0 Å². The van der Waals surface area contributed by atoms with Crippen LogP contribution in [0.25, 0.3) is 0 Å². The molecule has 0 radical (unpaired) electrons. The normalized spacial score (nSPS) is 14.6. The molecule has 0 saturated heterocycles. The number of halogens is 1. The fourth-order valence-electron chi connectivity index (χ4n) is 1.02. The summed E-state index contributed by atoms with van der Waals surface area (Å²) < 4.78 is 11.2. The maximum absolute atomic E-state index is 5.59. The molecule has 0 fully saturated rings. The lowest BCUT2D eigenvalue weighted by molar-refractivity contribution is -0.534. The Bertz CT molecular complexity index is 285. The Hall–Kier alpha value is 0.880. The zero-order valence-corrected chi connectivity index (χ0v) is 15.3. The van der Waals surface area contributed by atoms with Gasteiger partial charge in [-0.1, -0.05) is 11.4 Å². The zero-order chi connectivity index (χ0) is 13.5. The van der Waals surface area contributed by atoms with E-state index in [2.05, 4.69) is 38.9 Å². The van der Waals surface area contributed by atoms with Crippen molar-refractivity contribution in [1.82, 2.24) is 0 Å². The molecule has 0 aliphatic carbocycles. The van der Waals surface area contributed by atoms with Gasteiger partial charge >= 0.3 is 0 Å². The van der Waals surface area contributed by atoms with Crippen LogP contribution in [-0.2, 0) is 20.9 Å². The maximum Gasteiger partial charge on any atom is 0.248 e. The van der Waals surface area contributed by atoms with Crippen LogP contribution in [-0.4, -0.2) is 30.2 Å². The summed E-state index contributed by atoms with van der Waals surface area (Å²) in [4.78, 5) is 3.34. The molecular formula is C11H25ClNO2PS2. The van der Waals surface area contributed by atoms with Gasteiger partial charge in [-0.15, -0.1) is 0 Å². The van der Waals surface area contributed by atoms with E-state index in [1.54, 1.807) is 11.4 Å². The smallest absolute Gasteiger partial charge is 0.248 e. The SMILES string of the molecule is CCOP(=S)(OCC)SC(C)C=[NH+]C(C)(C)C.[Cl-]. The summed E-state index contributed by atoms with van der Waals surface area (Å²) in [6.45, 7) is 13.6. The van der Waals surface area contributed by atoms with Crippen molar-refractivity contribution in [3.63, 3.8) is 0 Å². The second kappa shape index (κ2) is 9.73. The Balaban J connectivity index is 0. The van der Waals surface area contributed by atoms with E-state index in [-0.39, 0.29) is 23.2 Å². The molecule has 0 saturated carbocycles. The van der Waals surface area contributed by atoms with Gasteiger partial charge in [0.1, 0.15) is 0 Å². The third-order valence-electron chi connectivity index (χ3n) is 1.62. The van der Waals surface area contributed by atoms with E-state index in [1.807, 2.05) is 13.8 Å². The first-order chi connectivity index (χ1) is 7.72. The highest BCUT2D eigenvalue weighted by molar-refractivity contribution is 8.68. The van der Waals surface area contributed by atoms with E-state index in [4.69, 9.17) is 20.9 Å². The molecule has 1 N–H and O–H groups in total. The van der Waals surface area contributed by atoms with Crippen LogP contribution in [0.5, 0.6) is 0 Å². The van der Waals surface area contributed by atoms with Crippen molar-refractivity contribution in [3.05, 3.63) is 0 Å². The minimum absolute atomic E-state index is 0. The predicted molar refractivity (Wildman–Crippen MR) is 81.4 cm³/mol. The molecule has 18 heavy (non-hydrogen) atoms. The largest absolute Gasteiger partial charge is 1.00 e. The summed E-state index contributed by atoms with van der Waals surface area (Å²) in [5, 5.41) is 0.262. The standard InChI is InChI=1S/C11H24NO2PS2.ClH/c1-7-13-15(16,14-8-2)17-10(3)9-12-11(4,5)6;/h9-10H,7-8H2,1-6H3;1H. The molecule has 0 aliphatic heterocycles. The van der Waals surface area contributed by atoms with Crippen molar-refractivity contribution in [2.75, 3.05) is 13.2 Å². The van der Waals surface area contributed by atoms with Crippen LogP contribution >= 0.6 is 17.1 Å². The van der Waals surface area contributed by atoms with Crippen LogP contribution < -0.4 is 17.4 Å². The molecule has 0 bridgehead atoms. The molecular weight excluding hydrogens is 309 g/mol. The van der Waals surface area contributed by atoms with Gasteiger partial charge in [0.15, 0.2) is 11.8 Å². The molecule has 0 aromatic heterocycles. The quantitative estimate of drug-likeness (QED) is 0.496. The van der Waals surface area contributed by atoms with Crippen LogP contribution in [0.2, 0.25) is 0 Å². The average Bonchev–Trinajstić information content (AvgIpc) is 2.14. The zero-order valence-electron chi connectivity index (χ0n) is 12.0. The molecule has 0 spiro atoms. The van der Waals surface area contributed by atoms with Gasteiger partial charge in [-0.2, -0.15) is 0 Å². The molecule has 0 rings (SSSR count). The van der Waals surface area contributed by atoms with Crippen molar-refractivity contribution in [1.29, 1.82) is 0 Å². The Labute approximate surface area is 127 Å². The highest BCUT2D eigenvalue weighted by Gasteiger charge is 2.23. The molecule has 0 amide bonds. The van der Waals surface area contributed by atoms with Gasteiger partial charge in [-0.3, -0.25) is 0 Å². The second-order valence-electron chi connectivity index (χ2n) is 4.65. The van der Waals surface area contributed by atoms with Gasteiger partial charge in [0.25, 0.3) is 0 Å². The van der Waals surface area contributed by atoms with Gasteiger partial charge in [0.05, 0.1) is 18.5 Å². The Morgan fingerprint density at radius 3 is 2.06 bits per heavy atom.